The van der Waals surface area contributed by atoms with Crippen molar-refractivity contribution < 1.29 is 14.3 Å². The number of hydrogen-bond donors (Lipinski definition) is 1. The molecule has 0 saturated heterocycles. The summed E-state index contributed by atoms with van der Waals surface area (Å²) in [5.74, 6) is -2.14. The summed E-state index contributed by atoms with van der Waals surface area (Å²) in [4.78, 5) is 15.1. The lowest BCUT2D eigenvalue weighted by Crippen LogP contribution is -2.13. The van der Waals surface area contributed by atoms with Crippen LogP contribution in [0.4, 0.5) is 4.39 Å². The molecule has 1 N–H and O–H groups in total. The van der Waals surface area contributed by atoms with Crippen LogP contribution in [-0.2, 0) is 4.79 Å². The number of benzene rings is 1. The summed E-state index contributed by atoms with van der Waals surface area (Å²) >= 11 is 0. The van der Waals surface area contributed by atoms with Crippen LogP contribution in [0.1, 0.15) is 17.0 Å². The highest BCUT2D eigenvalue weighted by Crippen LogP contribution is 2.24. The Hall–Kier alpha value is -2.23. The number of carboxylic acid groups (broad SMARTS) is 1. The minimum atomic E-state index is -0.970. The Kier molecular flexibility index (Phi) is 3.14. The third-order valence-electron chi connectivity index (χ3n) is 2.49. The minimum absolute atomic E-state index is 0.382. The number of rotatable bonds is 3. The lowest BCUT2D eigenvalue weighted by Gasteiger charge is -2.12. The molecule has 0 amide bonds. The van der Waals surface area contributed by atoms with E-state index < -0.39 is 11.9 Å². The van der Waals surface area contributed by atoms with E-state index >= 15 is 0 Å². The van der Waals surface area contributed by atoms with Crippen molar-refractivity contribution in [3.63, 3.8) is 0 Å². The van der Waals surface area contributed by atoms with Crippen LogP contribution in [0.3, 0.4) is 0 Å². The summed E-state index contributed by atoms with van der Waals surface area (Å²) in [6, 6.07) is 8.76. The van der Waals surface area contributed by atoms with Gasteiger partial charge in [0.15, 0.2) is 0 Å². The number of aliphatic carboxylic acids is 1. The number of halogens is 1. The van der Waals surface area contributed by atoms with E-state index in [1.807, 2.05) is 0 Å². The first-order chi connectivity index (χ1) is 8.18. The Morgan fingerprint density at radius 2 is 1.59 bits per heavy atom. The van der Waals surface area contributed by atoms with Gasteiger partial charge in [0.25, 0.3) is 0 Å². The lowest BCUT2D eigenvalue weighted by molar-refractivity contribution is -0.137. The average Bonchev–Trinajstić information content (AvgIpc) is 2.33. The van der Waals surface area contributed by atoms with Crippen LogP contribution in [0.5, 0.6) is 0 Å². The van der Waals surface area contributed by atoms with Crippen LogP contribution in [0.2, 0.25) is 0 Å². The van der Waals surface area contributed by atoms with Gasteiger partial charge in [-0.25, -0.2) is 4.39 Å². The first-order valence-electron chi connectivity index (χ1n) is 5.06. The summed E-state index contributed by atoms with van der Waals surface area (Å²) in [5, 5.41) is 9.24. The summed E-state index contributed by atoms with van der Waals surface area (Å²) in [6.07, 6.45) is 3.07. The number of hydrogen-bond acceptors (Lipinski definition) is 2. The zero-order chi connectivity index (χ0) is 12.3. The summed E-state index contributed by atoms with van der Waals surface area (Å²) < 4.78 is 12.8. The standard InChI is InChI=1S/C13H10FNO2/c14-11-3-1-9(2-4-11)12(13(16)17)10-5-7-15-8-6-10/h1-8,12H,(H,16,17). The van der Waals surface area contributed by atoms with E-state index in [-0.39, 0.29) is 5.82 Å². The highest BCUT2D eigenvalue weighted by molar-refractivity contribution is 5.80. The van der Waals surface area contributed by atoms with E-state index in [1.54, 1.807) is 12.1 Å². The van der Waals surface area contributed by atoms with Crippen molar-refractivity contribution in [2.75, 3.05) is 0 Å². The van der Waals surface area contributed by atoms with E-state index in [0.717, 1.165) is 0 Å². The van der Waals surface area contributed by atoms with Gasteiger partial charge in [0.2, 0.25) is 0 Å². The fourth-order valence-corrected chi connectivity index (χ4v) is 1.69. The van der Waals surface area contributed by atoms with E-state index in [4.69, 9.17) is 0 Å². The molecular formula is C13H10FNO2. The fraction of sp³-hybridized carbons (Fsp3) is 0.0769. The molecule has 2 rings (SSSR count). The third-order valence-corrected chi connectivity index (χ3v) is 2.49. The molecule has 4 heteroatoms. The Morgan fingerprint density at radius 3 is 2.12 bits per heavy atom. The van der Waals surface area contributed by atoms with Crippen LogP contribution in [0.15, 0.2) is 48.8 Å². The lowest BCUT2D eigenvalue weighted by atomic mass is 9.92. The molecule has 1 aromatic carbocycles. The predicted octanol–water partition coefficient (Wildman–Crippen LogP) is 2.44. The molecule has 1 unspecified atom stereocenters. The Bertz CT molecular complexity index is 511. The number of pyridine rings is 1. The summed E-state index contributed by atoms with van der Waals surface area (Å²) in [7, 11) is 0. The van der Waals surface area contributed by atoms with Gasteiger partial charge in [-0.3, -0.25) is 9.78 Å². The second-order valence-corrected chi connectivity index (χ2v) is 3.60. The Morgan fingerprint density at radius 1 is 1.06 bits per heavy atom. The van der Waals surface area contributed by atoms with E-state index in [1.165, 1.54) is 36.7 Å². The third kappa shape index (κ3) is 2.47. The molecule has 3 nitrogen and oxygen atoms in total. The molecule has 17 heavy (non-hydrogen) atoms. The van der Waals surface area contributed by atoms with Crippen LogP contribution in [-0.4, -0.2) is 16.1 Å². The molecule has 2 aromatic rings. The van der Waals surface area contributed by atoms with Gasteiger partial charge < -0.3 is 5.11 Å². The molecule has 0 aliphatic carbocycles. The first-order valence-corrected chi connectivity index (χ1v) is 5.06. The zero-order valence-electron chi connectivity index (χ0n) is 8.88. The van der Waals surface area contributed by atoms with E-state index in [2.05, 4.69) is 4.98 Å². The Labute approximate surface area is 97.6 Å². The summed E-state index contributed by atoms with van der Waals surface area (Å²) in [6.45, 7) is 0. The van der Waals surface area contributed by atoms with E-state index in [0.29, 0.717) is 11.1 Å². The van der Waals surface area contributed by atoms with Gasteiger partial charge in [-0.2, -0.15) is 0 Å². The molecule has 0 aliphatic heterocycles. The van der Waals surface area contributed by atoms with Crippen molar-refractivity contribution in [3.8, 4) is 0 Å². The smallest absolute Gasteiger partial charge is 0.315 e. The minimum Gasteiger partial charge on any atom is -0.481 e. The second kappa shape index (κ2) is 4.74. The van der Waals surface area contributed by atoms with Gasteiger partial charge in [-0.1, -0.05) is 12.1 Å². The predicted molar refractivity (Wildman–Crippen MR) is 60.1 cm³/mol. The van der Waals surface area contributed by atoms with Gasteiger partial charge in [0.05, 0.1) is 0 Å². The molecule has 86 valence electrons. The van der Waals surface area contributed by atoms with Crippen molar-refractivity contribution >= 4 is 5.97 Å². The zero-order valence-corrected chi connectivity index (χ0v) is 8.88. The van der Waals surface area contributed by atoms with Gasteiger partial charge in [0.1, 0.15) is 11.7 Å². The van der Waals surface area contributed by atoms with E-state index in [9.17, 15) is 14.3 Å². The topological polar surface area (TPSA) is 50.2 Å². The van der Waals surface area contributed by atoms with Crippen LogP contribution in [0.25, 0.3) is 0 Å². The number of aromatic nitrogens is 1. The first kappa shape index (κ1) is 11.3. The molecule has 0 radical (unpaired) electrons. The maximum atomic E-state index is 12.8. The Balaban J connectivity index is 2.43. The van der Waals surface area contributed by atoms with Crippen molar-refractivity contribution in [1.82, 2.24) is 4.98 Å². The molecular weight excluding hydrogens is 221 g/mol. The monoisotopic (exact) mass is 231 g/mol. The quantitative estimate of drug-likeness (QED) is 0.882. The largest absolute Gasteiger partial charge is 0.481 e. The fourth-order valence-electron chi connectivity index (χ4n) is 1.69. The van der Waals surface area contributed by atoms with Gasteiger partial charge in [0, 0.05) is 12.4 Å². The molecule has 0 fully saturated rings. The molecule has 1 aromatic heterocycles. The van der Waals surface area contributed by atoms with Crippen molar-refractivity contribution in [2.45, 2.75) is 5.92 Å². The van der Waals surface area contributed by atoms with Crippen LogP contribution >= 0.6 is 0 Å². The van der Waals surface area contributed by atoms with Crippen molar-refractivity contribution in [2.24, 2.45) is 0 Å². The normalized spacial score (nSPS) is 12.1. The number of carboxylic acids is 1. The molecule has 0 spiro atoms. The molecule has 0 saturated carbocycles. The number of nitrogens with zero attached hydrogens (tertiary/aromatic N) is 1. The second-order valence-electron chi connectivity index (χ2n) is 3.60. The molecule has 1 atom stereocenters. The van der Waals surface area contributed by atoms with Gasteiger partial charge in [-0.15, -0.1) is 0 Å². The summed E-state index contributed by atoms with van der Waals surface area (Å²) in [5.41, 5.74) is 1.17. The molecule has 0 bridgehead atoms. The maximum absolute atomic E-state index is 12.8. The van der Waals surface area contributed by atoms with Crippen LogP contribution < -0.4 is 0 Å². The highest BCUT2D eigenvalue weighted by atomic mass is 19.1. The number of carbonyl (C=O) groups is 1. The average molecular weight is 231 g/mol. The van der Waals surface area contributed by atoms with Crippen molar-refractivity contribution in [3.05, 3.63) is 65.7 Å². The van der Waals surface area contributed by atoms with Gasteiger partial charge >= 0.3 is 5.97 Å². The highest BCUT2D eigenvalue weighted by Gasteiger charge is 2.21. The van der Waals surface area contributed by atoms with Crippen LogP contribution in [0, 0.1) is 5.82 Å². The SMILES string of the molecule is O=C(O)C(c1ccncc1)c1ccc(F)cc1. The van der Waals surface area contributed by atoms with Crippen molar-refractivity contribution in [1.29, 1.82) is 0 Å². The molecule has 0 aliphatic rings. The maximum Gasteiger partial charge on any atom is 0.315 e. The van der Waals surface area contributed by atoms with Gasteiger partial charge in [-0.05, 0) is 35.4 Å². The molecule has 1 heterocycles.